The Bertz CT molecular complexity index is 241. The molecule has 3 unspecified atom stereocenters. The molecule has 0 aromatic carbocycles. The highest BCUT2D eigenvalue weighted by molar-refractivity contribution is 4.93. The van der Waals surface area contributed by atoms with Gasteiger partial charge in [-0.3, -0.25) is 4.90 Å². The maximum Gasteiger partial charge on any atom is 0.0278 e. The van der Waals surface area contributed by atoms with Crippen LogP contribution in [0.1, 0.15) is 59.3 Å². The van der Waals surface area contributed by atoms with E-state index in [1.165, 1.54) is 58.2 Å². The quantitative estimate of drug-likeness (QED) is 0.744. The van der Waals surface area contributed by atoms with Crippen LogP contribution in [0.4, 0.5) is 0 Å². The summed E-state index contributed by atoms with van der Waals surface area (Å²) < 4.78 is 0. The largest absolute Gasteiger partial charge is 0.309 e. The van der Waals surface area contributed by atoms with Crippen LogP contribution in [0.3, 0.4) is 0 Å². The lowest BCUT2D eigenvalue weighted by atomic mass is 9.90. The summed E-state index contributed by atoms with van der Waals surface area (Å²) in [6, 6.07) is 0.852. The monoisotopic (exact) mass is 238 g/mol. The van der Waals surface area contributed by atoms with Crippen molar-refractivity contribution in [3.63, 3.8) is 0 Å². The van der Waals surface area contributed by atoms with Gasteiger partial charge in [-0.15, -0.1) is 0 Å². The van der Waals surface area contributed by atoms with E-state index in [-0.39, 0.29) is 0 Å². The van der Waals surface area contributed by atoms with Crippen LogP contribution in [0.2, 0.25) is 0 Å². The van der Waals surface area contributed by atoms with Gasteiger partial charge < -0.3 is 5.32 Å². The van der Waals surface area contributed by atoms with E-state index in [0.29, 0.717) is 5.54 Å². The van der Waals surface area contributed by atoms with Crippen molar-refractivity contribution in [2.45, 2.75) is 70.9 Å². The molecule has 1 saturated carbocycles. The summed E-state index contributed by atoms with van der Waals surface area (Å²) in [6.07, 6.45) is 8.47. The van der Waals surface area contributed by atoms with Gasteiger partial charge in [0.2, 0.25) is 0 Å². The molecule has 2 fully saturated rings. The summed E-state index contributed by atoms with van der Waals surface area (Å²) >= 11 is 0. The summed E-state index contributed by atoms with van der Waals surface area (Å²) in [4.78, 5) is 2.79. The predicted molar refractivity (Wildman–Crippen MR) is 74.3 cm³/mol. The number of piperazine rings is 1. The SMILES string of the molecule is CCC1(C)CN(C2CCCCCC2C)CCN1. The van der Waals surface area contributed by atoms with Crippen molar-refractivity contribution < 1.29 is 0 Å². The van der Waals surface area contributed by atoms with Crippen LogP contribution in [-0.2, 0) is 0 Å². The Morgan fingerprint density at radius 1 is 1.24 bits per heavy atom. The molecule has 2 nitrogen and oxygen atoms in total. The van der Waals surface area contributed by atoms with E-state index in [2.05, 4.69) is 31.0 Å². The fourth-order valence-electron chi connectivity index (χ4n) is 3.62. The van der Waals surface area contributed by atoms with Gasteiger partial charge >= 0.3 is 0 Å². The van der Waals surface area contributed by atoms with Gasteiger partial charge in [0.25, 0.3) is 0 Å². The van der Waals surface area contributed by atoms with Crippen LogP contribution in [0.25, 0.3) is 0 Å². The van der Waals surface area contributed by atoms with Crippen LogP contribution in [-0.4, -0.2) is 36.1 Å². The second-order valence-corrected chi connectivity index (χ2v) is 6.49. The highest BCUT2D eigenvalue weighted by atomic mass is 15.2. The van der Waals surface area contributed by atoms with Crippen LogP contribution < -0.4 is 5.32 Å². The molecule has 0 amide bonds. The number of rotatable bonds is 2. The molecule has 2 aliphatic rings. The van der Waals surface area contributed by atoms with Gasteiger partial charge in [-0.05, 0) is 32.1 Å². The van der Waals surface area contributed by atoms with E-state index in [4.69, 9.17) is 0 Å². The van der Waals surface area contributed by atoms with Crippen molar-refractivity contribution in [2.24, 2.45) is 5.92 Å². The zero-order chi connectivity index (χ0) is 12.3. The molecular formula is C15H30N2. The first-order chi connectivity index (χ1) is 8.14. The Kier molecular flexibility index (Phi) is 4.48. The number of hydrogen-bond donors (Lipinski definition) is 1. The van der Waals surface area contributed by atoms with Crippen LogP contribution in [0, 0.1) is 5.92 Å². The Labute approximate surface area is 107 Å². The van der Waals surface area contributed by atoms with Crippen molar-refractivity contribution in [3.8, 4) is 0 Å². The molecule has 1 saturated heterocycles. The second kappa shape index (κ2) is 5.71. The van der Waals surface area contributed by atoms with E-state index in [1.807, 2.05) is 0 Å². The Balaban J connectivity index is 2.00. The third-order valence-electron chi connectivity index (χ3n) is 5.07. The second-order valence-electron chi connectivity index (χ2n) is 6.49. The third-order valence-corrected chi connectivity index (χ3v) is 5.07. The number of nitrogens with one attached hydrogen (secondary N) is 1. The third kappa shape index (κ3) is 3.23. The predicted octanol–water partition coefficient (Wildman–Crippen LogP) is 3.03. The summed E-state index contributed by atoms with van der Waals surface area (Å²) in [7, 11) is 0. The van der Waals surface area contributed by atoms with Gasteiger partial charge in [-0.1, -0.05) is 33.1 Å². The maximum atomic E-state index is 3.70. The van der Waals surface area contributed by atoms with Crippen molar-refractivity contribution >= 4 is 0 Å². The van der Waals surface area contributed by atoms with Gasteiger partial charge in [0.05, 0.1) is 0 Å². The molecule has 1 N–H and O–H groups in total. The topological polar surface area (TPSA) is 15.3 Å². The van der Waals surface area contributed by atoms with Crippen LogP contribution >= 0.6 is 0 Å². The zero-order valence-corrected chi connectivity index (χ0v) is 12.0. The van der Waals surface area contributed by atoms with Crippen molar-refractivity contribution in [3.05, 3.63) is 0 Å². The molecule has 0 bridgehead atoms. The molecule has 0 aromatic rings. The van der Waals surface area contributed by atoms with Crippen molar-refractivity contribution in [1.82, 2.24) is 10.2 Å². The lowest BCUT2D eigenvalue weighted by molar-refractivity contribution is 0.0684. The molecule has 1 aliphatic heterocycles. The molecule has 0 aromatic heterocycles. The number of hydrogen-bond acceptors (Lipinski definition) is 2. The van der Waals surface area contributed by atoms with E-state index in [0.717, 1.165) is 12.0 Å². The number of nitrogens with zero attached hydrogens (tertiary/aromatic N) is 1. The summed E-state index contributed by atoms with van der Waals surface area (Å²) in [5, 5.41) is 3.70. The van der Waals surface area contributed by atoms with Gasteiger partial charge in [-0.25, -0.2) is 0 Å². The Hall–Kier alpha value is -0.0800. The first-order valence-electron chi connectivity index (χ1n) is 7.64. The molecular weight excluding hydrogens is 208 g/mol. The molecule has 100 valence electrons. The van der Waals surface area contributed by atoms with Crippen molar-refractivity contribution in [1.29, 1.82) is 0 Å². The molecule has 1 aliphatic carbocycles. The standard InChI is InChI=1S/C15H30N2/c1-4-15(3)12-17(11-10-16-15)14-9-7-5-6-8-13(14)2/h13-14,16H,4-12H2,1-3H3. The van der Waals surface area contributed by atoms with Crippen LogP contribution in [0.15, 0.2) is 0 Å². The Morgan fingerprint density at radius 2 is 2.00 bits per heavy atom. The van der Waals surface area contributed by atoms with Gasteiger partial charge in [-0.2, -0.15) is 0 Å². The Morgan fingerprint density at radius 3 is 2.76 bits per heavy atom. The molecule has 17 heavy (non-hydrogen) atoms. The van der Waals surface area contributed by atoms with Crippen LogP contribution in [0.5, 0.6) is 0 Å². The van der Waals surface area contributed by atoms with E-state index >= 15 is 0 Å². The normalized spacial score (nSPS) is 41.1. The minimum Gasteiger partial charge on any atom is -0.309 e. The van der Waals surface area contributed by atoms with E-state index < -0.39 is 0 Å². The summed E-state index contributed by atoms with van der Waals surface area (Å²) in [5.74, 6) is 0.900. The van der Waals surface area contributed by atoms with Gasteiger partial charge in [0.1, 0.15) is 0 Å². The molecule has 2 heteroatoms. The first-order valence-corrected chi connectivity index (χ1v) is 7.64. The fourth-order valence-corrected chi connectivity index (χ4v) is 3.62. The molecule has 3 atom stereocenters. The molecule has 1 heterocycles. The van der Waals surface area contributed by atoms with Crippen molar-refractivity contribution in [2.75, 3.05) is 19.6 Å². The first kappa shape index (κ1) is 13.4. The minimum absolute atomic E-state index is 0.351. The molecule has 0 spiro atoms. The lowest BCUT2D eigenvalue weighted by Crippen LogP contribution is -2.61. The van der Waals surface area contributed by atoms with Gasteiger partial charge in [0, 0.05) is 31.2 Å². The zero-order valence-electron chi connectivity index (χ0n) is 12.0. The average Bonchev–Trinajstić information content (AvgIpc) is 2.54. The highest BCUT2D eigenvalue weighted by Gasteiger charge is 2.34. The lowest BCUT2D eigenvalue weighted by Gasteiger charge is -2.46. The smallest absolute Gasteiger partial charge is 0.0278 e. The summed E-state index contributed by atoms with van der Waals surface area (Å²) in [6.45, 7) is 10.9. The minimum atomic E-state index is 0.351. The highest BCUT2D eigenvalue weighted by Crippen LogP contribution is 2.29. The average molecular weight is 238 g/mol. The van der Waals surface area contributed by atoms with E-state index in [9.17, 15) is 0 Å². The maximum absolute atomic E-state index is 3.70. The summed E-state index contributed by atoms with van der Waals surface area (Å²) in [5.41, 5.74) is 0.351. The van der Waals surface area contributed by atoms with E-state index in [1.54, 1.807) is 0 Å². The molecule has 0 radical (unpaired) electrons. The fraction of sp³-hybridized carbons (Fsp3) is 1.00. The molecule has 2 rings (SSSR count). The van der Waals surface area contributed by atoms with Gasteiger partial charge in [0.15, 0.2) is 0 Å².